The summed E-state index contributed by atoms with van der Waals surface area (Å²) in [5, 5.41) is 41.4. The van der Waals surface area contributed by atoms with Crippen molar-refractivity contribution in [3.8, 4) is 90.4 Å². The second kappa shape index (κ2) is 24.6. The zero-order chi connectivity index (χ0) is 57.4. The average Bonchev–Trinajstić information content (AvgIpc) is 1.83. The van der Waals surface area contributed by atoms with E-state index < -0.39 is 7.12 Å². The van der Waals surface area contributed by atoms with E-state index >= 15 is 0 Å². The molecular formula is C74H48BBrN6O2. The van der Waals surface area contributed by atoms with E-state index in [0.717, 1.165) is 116 Å². The van der Waals surface area contributed by atoms with Crippen molar-refractivity contribution in [3.63, 3.8) is 0 Å². The summed E-state index contributed by atoms with van der Waals surface area (Å²) in [5.41, 5.74) is 20.0. The van der Waals surface area contributed by atoms with Gasteiger partial charge < -0.3 is 10.0 Å². The Morgan fingerprint density at radius 2 is 0.607 bits per heavy atom. The Morgan fingerprint density at radius 3 is 1.06 bits per heavy atom. The fraction of sp³-hybridized carbons (Fsp3) is 0. The third-order valence-corrected chi connectivity index (χ3v) is 15.2. The fourth-order valence-electron chi connectivity index (χ4n) is 10.5. The minimum absolute atomic E-state index is 0.503. The molecular weight excluding hydrogens is 1100 g/mol. The molecule has 0 fully saturated rings. The van der Waals surface area contributed by atoms with Gasteiger partial charge in [-0.2, -0.15) is 10.5 Å². The molecule has 396 valence electrons. The maximum absolute atomic E-state index is 9.62. The van der Waals surface area contributed by atoms with E-state index in [-0.39, 0.29) is 0 Å². The summed E-state index contributed by atoms with van der Waals surface area (Å²) in [4.78, 5) is 19.4. The molecule has 2 N–H and O–H groups in total. The molecule has 2 aromatic heterocycles. The zero-order valence-electron chi connectivity index (χ0n) is 45.1. The Kier molecular flexibility index (Phi) is 15.8. The highest BCUT2D eigenvalue weighted by Gasteiger charge is 2.19. The van der Waals surface area contributed by atoms with Crippen LogP contribution in [0.25, 0.3) is 122 Å². The minimum Gasteiger partial charge on any atom is -0.423 e. The Balaban J connectivity index is 0.000000136. The molecule has 14 rings (SSSR count). The molecule has 0 radical (unpaired) electrons. The van der Waals surface area contributed by atoms with Gasteiger partial charge in [0, 0.05) is 16.7 Å². The Bertz CT molecular complexity index is 4760. The van der Waals surface area contributed by atoms with Crippen molar-refractivity contribution in [1.29, 1.82) is 10.5 Å². The van der Waals surface area contributed by atoms with Crippen LogP contribution >= 0.6 is 15.9 Å². The highest BCUT2D eigenvalue weighted by Crippen LogP contribution is 2.40. The van der Waals surface area contributed by atoms with Gasteiger partial charge in [0.15, 0.2) is 0 Å². The maximum atomic E-state index is 9.62. The molecule has 0 amide bonds. The molecule has 0 saturated heterocycles. The first kappa shape index (κ1) is 53.9. The molecule has 0 unspecified atom stereocenters. The van der Waals surface area contributed by atoms with Crippen LogP contribution in [0.4, 0.5) is 0 Å². The minimum atomic E-state index is -1.50. The molecule has 2 heterocycles. The third kappa shape index (κ3) is 11.5. The van der Waals surface area contributed by atoms with Gasteiger partial charge in [-0.1, -0.05) is 231 Å². The second-order valence-electron chi connectivity index (χ2n) is 19.9. The number of hydrogen-bond donors (Lipinski definition) is 2. The summed E-state index contributed by atoms with van der Waals surface area (Å²) in [6, 6.07) is 96.9. The SMILES string of the molecule is Brc1nc2ccccc2nc1-c1ccccc1.N#Cc1ccc(-c2ccc(-c3ccc(-c4nc5ccccc5nc4-c4ccccc4)c4ccccc34)cc2)cc1.N#Cc1ccc(-c2ccc(-c3ccc(B(O)O)c4ccccc34)cc2)cc1. The summed E-state index contributed by atoms with van der Waals surface area (Å²) in [6.07, 6.45) is 0. The number of para-hydroxylation sites is 4. The molecule has 14 aromatic rings. The smallest absolute Gasteiger partial charge is 0.423 e. The average molecular weight is 1140 g/mol. The number of nitrogens with zero attached hydrogens (tertiary/aromatic N) is 6. The van der Waals surface area contributed by atoms with Gasteiger partial charge in [-0.25, -0.2) is 19.9 Å². The van der Waals surface area contributed by atoms with E-state index in [9.17, 15) is 10.0 Å². The van der Waals surface area contributed by atoms with E-state index in [1.54, 1.807) is 6.07 Å². The number of rotatable bonds is 8. The van der Waals surface area contributed by atoms with Crippen LogP contribution < -0.4 is 5.46 Å². The van der Waals surface area contributed by atoms with Gasteiger partial charge in [0.05, 0.1) is 56.7 Å². The van der Waals surface area contributed by atoms with E-state index in [1.165, 1.54) is 10.9 Å². The number of halogens is 1. The predicted molar refractivity (Wildman–Crippen MR) is 346 cm³/mol. The van der Waals surface area contributed by atoms with Crippen LogP contribution in [0.2, 0.25) is 0 Å². The van der Waals surface area contributed by atoms with Gasteiger partial charge in [-0.3, -0.25) is 0 Å². The van der Waals surface area contributed by atoms with Crippen LogP contribution in [0.1, 0.15) is 11.1 Å². The summed E-state index contributed by atoms with van der Waals surface area (Å²) >= 11 is 3.48. The van der Waals surface area contributed by atoms with Crippen LogP contribution in [0.5, 0.6) is 0 Å². The van der Waals surface area contributed by atoms with Crippen molar-refractivity contribution in [2.24, 2.45) is 0 Å². The van der Waals surface area contributed by atoms with Crippen LogP contribution in [-0.2, 0) is 0 Å². The molecule has 12 aromatic carbocycles. The lowest BCUT2D eigenvalue weighted by Crippen LogP contribution is -2.30. The van der Waals surface area contributed by atoms with Gasteiger partial charge in [0.25, 0.3) is 0 Å². The highest BCUT2D eigenvalue weighted by atomic mass is 79.9. The van der Waals surface area contributed by atoms with E-state index in [2.05, 4.69) is 135 Å². The zero-order valence-corrected chi connectivity index (χ0v) is 46.7. The lowest BCUT2D eigenvalue weighted by molar-refractivity contribution is 0.426. The number of aromatic nitrogens is 4. The maximum Gasteiger partial charge on any atom is 0.489 e. The Labute approximate surface area is 494 Å². The summed E-state index contributed by atoms with van der Waals surface area (Å²) in [5.74, 6) is 0. The first-order valence-electron chi connectivity index (χ1n) is 27.2. The third-order valence-electron chi connectivity index (χ3n) is 14.7. The van der Waals surface area contributed by atoms with E-state index in [1.807, 2.05) is 176 Å². The van der Waals surface area contributed by atoms with Crippen molar-refractivity contribution in [2.75, 3.05) is 0 Å². The van der Waals surface area contributed by atoms with Gasteiger partial charge >= 0.3 is 7.12 Å². The molecule has 8 nitrogen and oxygen atoms in total. The molecule has 0 aliphatic carbocycles. The normalized spacial score (nSPS) is 10.8. The van der Waals surface area contributed by atoms with Gasteiger partial charge in [0.1, 0.15) is 10.3 Å². The van der Waals surface area contributed by atoms with Gasteiger partial charge in [-0.15, -0.1) is 0 Å². The van der Waals surface area contributed by atoms with Gasteiger partial charge in [-0.05, 0) is 136 Å². The van der Waals surface area contributed by atoms with Crippen molar-refractivity contribution < 1.29 is 10.0 Å². The molecule has 10 heteroatoms. The summed E-state index contributed by atoms with van der Waals surface area (Å²) < 4.78 is 0.780. The van der Waals surface area contributed by atoms with Crippen molar-refractivity contribution in [1.82, 2.24) is 19.9 Å². The summed E-state index contributed by atoms with van der Waals surface area (Å²) in [6.45, 7) is 0. The first-order valence-corrected chi connectivity index (χ1v) is 28.0. The Hall–Kier alpha value is -10.7. The second-order valence-corrected chi connectivity index (χ2v) is 20.6. The van der Waals surface area contributed by atoms with Gasteiger partial charge in [0.2, 0.25) is 0 Å². The fourth-order valence-corrected chi connectivity index (χ4v) is 11.0. The number of benzene rings is 12. The van der Waals surface area contributed by atoms with Crippen molar-refractivity contribution in [2.45, 2.75) is 0 Å². The lowest BCUT2D eigenvalue weighted by Gasteiger charge is -2.15. The molecule has 0 saturated carbocycles. The van der Waals surface area contributed by atoms with Crippen molar-refractivity contribution in [3.05, 3.63) is 295 Å². The monoisotopic (exact) mass is 1140 g/mol. The van der Waals surface area contributed by atoms with Crippen molar-refractivity contribution >= 4 is 72.1 Å². The molecule has 0 aliphatic rings. The predicted octanol–water partition coefficient (Wildman–Crippen LogP) is 17.1. The Morgan fingerprint density at radius 1 is 0.286 bits per heavy atom. The van der Waals surface area contributed by atoms with E-state index in [0.29, 0.717) is 16.6 Å². The number of hydrogen-bond acceptors (Lipinski definition) is 8. The molecule has 0 bridgehead atoms. The van der Waals surface area contributed by atoms with Crippen LogP contribution in [-0.4, -0.2) is 37.1 Å². The molecule has 84 heavy (non-hydrogen) atoms. The molecule has 0 spiro atoms. The summed E-state index contributed by atoms with van der Waals surface area (Å²) in [7, 11) is -1.50. The lowest BCUT2D eigenvalue weighted by atomic mass is 9.76. The molecule has 0 atom stereocenters. The highest BCUT2D eigenvalue weighted by molar-refractivity contribution is 9.10. The van der Waals surface area contributed by atoms with Crippen LogP contribution in [0.3, 0.4) is 0 Å². The molecule has 0 aliphatic heterocycles. The van der Waals surface area contributed by atoms with Crippen LogP contribution in [0, 0.1) is 22.7 Å². The first-order chi connectivity index (χ1) is 41.3. The topological polar surface area (TPSA) is 140 Å². The number of fused-ring (bicyclic) bond motifs is 4. The van der Waals surface area contributed by atoms with E-state index in [4.69, 9.17) is 20.5 Å². The largest absolute Gasteiger partial charge is 0.489 e. The standard InChI is InChI=1S/C37H23N3.C23H16BNO2.C14H9BrN2/c38-24-25-14-16-26(17-15-25)27-18-20-28(21-19-27)30-22-23-33(32-11-5-4-10-31(30)32)37-36(29-8-2-1-3-9-29)39-34-12-6-7-13-35(34)40-37;25-15-16-5-7-17(8-6-16)18-9-11-19(12-10-18)20-13-14-23(24(26)27)22-4-2-1-3-21(20)22;15-14-13(10-6-2-1-3-7-10)16-11-8-4-5-9-12(11)17-14/h1-23H;1-14,26-27H;1-9H. The quantitative estimate of drug-likeness (QED) is 0.143. The van der Waals surface area contributed by atoms with Crippen LogP contribution in [0.15, 0.2) is 284 Å². The number of nitriles is 2.